The first kappa shape index (κ1) is 14.6. The molecule has 5 nitrogen and oxygen atoms in total. The second-order valence-electron chi connectivity index (χ2n) is 5.40. The highest BCUT2D eigenvalue weighted by Gasteiger charge is 2.29. The Morgan fingerprint density at radius 3 is 2.20 bits per heavy atom. The van der Waals surface area contributed by atoms with Crippen molar-refractivity contribution in [3.05, 3.63) is 22.6 Å². The second kappa shape index (κ2) is 5.69. The van der Waals surface area contributed by atoms with Gasteiger partial charge in [0.25, 0.3) is 5.91 Å². The maximum atomic E-state index is 12.6. The first-order chi connectivity index (χ1) is 9.45. The SMILES string of the molecule is CNC(=O)C1CCN(C(=O)c2c(C)oc(C)c2C)CC1. The van der Waals surface area contributed by atoms with E-state index in [9.17, 15) is 9.59 Å². The van der Waals surface area contributed by atoms with Crippen molar-refractivity contribution < 1.29 is 14.0 Å². The minimum Gasteiger partial charge on any atom is -0.466 e. The third-order valence-electron chi connectivity index (χ3n) is 4.17. The highest BCUT2D eigenvalue weighted by atomic mass is 16.3. The second-order valence-corrected chi connectivity index (χ2v) is 5.40. The van der Waals surface area contributed by atoms with Gasteiger partial charge in [-0.3, -0.25) is 9.59 Å². The van der Waals surface area contributed by atoms with E-state index in [2.05, 4.69) is 5.32 Å². The monoisotopic (exact) mass is 278 g/mol. The van der Waals surface area contributed by atoms with E-state index < -0.39 is 0 Å². The van der Waals surface area contributed by atoms with Crippen molar-refractivity contribution in [2.24, 2.45) is 5.92 Å². The molecule has 0 spiro atoms. The zero-order valence-electron chi connectivity index (χ0n) is 12.6. The largest absolute Gasteiger partial charge is 0.466 e. The lowest BCUT2D eigenvalue weighted by Gasteiger charge is -2.31. The average molecular weight is 278 g/mol. The molecule has 1 N–H and O–H groups in total. The molecular formula is C15H22N2O3. The molecule has 1 aliphatic heterocycles. The number of furan rings is 1. The molecule has 2 heterocycles. The Hall–Kier alpha value is -1.78. The number of nitrogens with one attached hydrogen (secondary N) is 1. The van der Waals surface area contributed by atoms with Gasteiger partial charge in [0.05, 0.1) is 5.56 Å². The average Bonchev–Trinajstić information content (AvgIpc) is 2.71. The van der Waals surface area contributed by atoms with Gasteiger partial charge in [0.15, 0.2) is 0 Å². The van der Waals surface area contributed by atoms with Gasteiger partial charge >= 0.3 is 0 Å². The van der Waals surface area contributed by atoms with E-state index in [1.807, 2.05) is 25.7 Å². The molecule has 2 amide bonds. The fraction of sp³-hybridized carbons (Fsp3) is 0.600. The lowest BCUT2D eigenvalue weighted by Crippen LogP contribution is -2.42. The smallest absolute Gasteiger partial charge is 0.257 e. The van der Waals surface area contributed by atoms with Crippen LogP contribution in [0, 0.1) is 26.7 Å². The molecular weight excluding hydrogens is 256 g/mol. The molecule has 20 heavy (non-hydrogen) atoms. The fourth-order valence-corrected chi connectivity index (χ4v) is 2.82. The first-order valence-corrected chi connectivity index (χ1v) is 7.03. The van der Waals surface area contributed by atoms with Crippen LogP contribution in [0.2, 0.25) is 0 Å². The van der Waals surface area contributed by atoms with Crippen LogP contribution in [0.4, 0.5) is 0 Å². The van der Waals surface area contributed by atoms with Gasteiger partial charge in [-0.2, -0.15) is 0 Å². The van der Waals surface area contributed by atoms with Gasteiger partial charge in [-0.15, -0.1) is 0 Å². The molecule has 1 saturated heterocycles. The van der Waals surface area contributed by atoms with E-state index >= 15 is 0 Å². The summed E-state index contributed by atoms with van der Waals surface area (Å²) in [6.07, 6.45) is 1.45. The molecule has 1 aromatic rings. The summed E-state index contributed by atoms with van der Waals surface area (Å²) >= 11 is 0. The van der Waals surface area contributed by atoms with E-state index in [1.54, 1.807) is 7.05 Å². The number of rotatable bonds is 2. The van der Waals surface area contributed by atoms with Crippen molar-refractivity contribution in [3.8, 4) is 0 Å². The zero-order chi connectivity index (χ0) is 14.9. The predicted octanol–water partition coefficient (Wildman–Crippen LogP) is 1.80. The Balaban J connectivity index is 2.07. The third-order valence-corrected chi connectivity index (χ3v) is 4.17. The van der Waals surface area contributed by atoms with Crippen molar-refractivity contribution in [2.75, 3.05) is 20.1 Å². The van der Waals surface area contributed by atoms with Crippen molar-refractivity contribution in [1.82, 2.24) is 10.2 Å². The van der Waals surface area contributed by atoms with E-state index in [0.29, 0.717) is 24.4 Å². The van der Waals surface area contributed by atoms with Gasteiger partial charge in [0.1, 0.15) is 11.5 Å². The molecule has 5 heteroatoms. The number of hydrogen-bond acceptors (Lipinski definition) is 3. The van der Waals surface area contributed by atoms with Crippen LogP contribution < -0.4 is 5.32 Å². The number of carbonyl (C=O) groups excluding carboxylic acids is 2. The quantitative estimate of drug-likeness (QED) is 0.897. The molecule has 0 saturated carbocycles. The number of hydrogen-bond donors (Lipinski definition) is 1. The summed E-state index contributed by atoms with van der Waals surface area (Å²) in [4.78, 5) is 26.0. The lowest BCUT2D eigenvalue weighted by molar-refractivity contribution is -0.125. The Labute approximate surface area is 119 Å². The van der Waals surface area contributed by atoms with Crippen LogP contribution >= 0.6 is 0 Å². The van der Waals surface area contributed by atoms with E-state index in [1.165, 1.54) is 0 Å². The maximum Gasteiger partial charge on any atom is 0.257 e. The molecule has 0 aromatic carbocycles. The van der Waals surface area contributed by atoms with Gasteiger partial charge in [-0.25, -0.2) is 0 Å². The molecule has 0 bridgehead atoms. The van der Waals surface area contributed by atoms with Crippen LogP contribution in [0.15, 0.2) is 4.42 Å². The van der Waals surface area contributed by atoms with Crippen molar-refractivity contribution in [2.45, 2.75) is 33.6 Å². The zero-order valence-corrected chi connectivity index (χ0v) is 12.6. The highest BCUT2D eigenvalue weighted by Crippen LogP contribution is 2.25. The number of amides is 2. The molecule has 0 radical (unpaired) electrons. The Bertz CT molecular complexity index is 525. The number of carbonyl (C=O) groups is 2. The predicted molar refractivity (Wildman–Crippen MR) is 75.6 cm³/mol. The molecule has 0 unspecified atom stereocenters. The Kier molecular flexibility index (Phi) is 4.16. The van der Waals surface area contributed by atoms with Gasteiger partial charge in [0, 0.05) is 31.6 Å². The standard InChI is InChI=1S/C15H22N2O3/c1-9-10(2)20-11(3)13(9)15(19)17-7-5-12(6-8-17)14(18)16-4/h12H,5-8H2,1-4H3,(H,16,18). The normalized spacial score (nSPS) is 16.3. The summed E-state index contributed by atoms with van der Waals surface area (Å²) < 4.78 is 5.52. The van der Waals surface area contributed by atoms with Gasteiger partial charge in [-0.1, -0.05) is 0 Å². The first-order valence-electron chi connectivity index (χ1n) is 7.03. The molecule has 0 aliphatic carbocycles. The summed E-state index contributed by atoms with van der Waals surface area (Å²) in [6, 6.07) is 0. The van der Waals surface area contributed by atoms with Crippen molar-refractivity contribution in [3.63, 3.8) is 0 Å². The topological polar surface area (TPSA) is 62.6 Å². The molecule has 1 fully saturated rings. The number of aryl methyl sites for hydroxylation is 2. The fourth-order valence-electron chi connectivity index (χ4n) is 2.82. The number of nitrogens with zero attached hydrogens (tertiary/aromatic N) is 1. The highest BCUT2D eigenvalue weighted by molar-refractivity contribution is 5.97. The Morgan fingerprint density at radius 2 is 1.75 bits per heavy atom. The van der Waals surface area contributed by atoms with Crippen LogP contribution in [-0.4, -0.2) is 36.9 Å². The maximum absolute atomic E-state index is 12.6. The van der Waals surface area contributed by atoms with E-state index in [0.717, 1.165) is 24.2 Å². The van der Waals surface area contributed by atoms with Crippen LogP contribution in [0.3, 0.4) is 0 Å². The third kappa shape index (κ3) is 2.57. The van der Waals surface area contributed by atoms with Crippen LogP contribution in [-0.2, 0) is 4.79 Å². The molecule has 0 atom stereocenters. The minimum absolute atomic E-state index is 0.0206. The summed E-state index contributed by atoms with van der Waals surface area (Å²) in [5.41, 5.74) is 1.60. The van der Waals surface area contributed by atoms with Gasteiger partial charge in [0.2, 0.25) is 5.91 Å². The van der Waals surface area contributed by atoms with Crippen molar-refractivity contribution in [1.29, 1.82) is 0 Å². The minimum atomic E-state index is 0.0206. The molecule has 1 aliphatic rings. The summed E-state index contributed by atoms with van der Waals surface area (Å²) in [6.45, 7) is 6.86. The van der Waals surface area contributed by atoms with Crippen LogP contribution in [0.1, 0.15) is 40.3 Å². The summed E-state index contributed by atoms with van der Waals surface area (Å²) in [5, 5.41) is 2.67. The van der Waals surface area contributed by atoms with Crippen LogP contribution in [0.25, 0.3) is 0 Å². The lowest BCUT2D eigenvalue weighted by atomic mass is 9.95. The number of piperidine rings is 1. The Morgan fingerprint density at radius 1 is 1.15 bits per heavy atom. The van der Waals surface area contributed by atoms with Gasteiger partial charge < -0.3 is 14.6 Å². The van der Waals surface area contributed by atoms with Gasteiger partial charge in [-0.05, 0) is 33.6 Å². The van der Waals surface area contributed by atoms with E-state index in [4.69, 9.17) is 4.42 Å². The molecule has 2 rings (SSSR count). The molecule has 110 valence electrons. The van der Waals surface area contributed by atoms with E-state index in [-0.39, 0.29) is 17.7 Å². The van der Waals surface area contributed by atoms with Crippen LogP contribution in [0.5, 0.6) is 0 Å². The summed E-state index contributed by atoms with van der Waals surface area (Å²) in [7, 11) is 1.65. The molecule has 1 aromatic heterocycles. The van der Waals surface area contributed by atoms with Crippen molar-refractivity contribution >= 4 is 11.8 Å². The number of likely N-dealkylation sites (tertiary alicyclic amines) is 1. The summed E-state index contributed by atoms with van der Waals surface area (Å²) in [5.74, 6) is 1.60.